The zero-order valence-corrected chi connectivity index (χ0v) is 14.0. The summed E-state index contributed by atoms with van der Waals surface area (Å²) in [5.74, 6) is -1.99. The van der Waals surface area contributed by atoms with E-state index in [1.165, 1.54) is 13.8 Å². The maximum absolute atomic E-state index is 12.0. The van der Waals surface area contributed by atoms with Crippen LogP contribution in [0.15, 0.2) is 0 Å². The third-order valence-electron chi connectivity index (χ3n) is 2.77. The van der Waals surface area contributed by atoms with Crippen molar-refractivity contribution < 1.29 is 29.0 Å². The Labute approximate surface area is 130 Å². The molecule has 8 heteroatoms. The molecule has 0 unspecified atom stereocenters. The lowest BCUT2D eigenvalue weighted by Gasteiger charge is -2.29. The first kappa shape index (κ1) is 20.3. The number of rotatable bonds is 5. The molecule has 0 bridgehead atoms. The Morgan fingerprint density at radius 1 is 1.18 bits per heavy atom. The minimum atomic E-state index is -1.33. The molecule has 0 aromatic carbocycles. The summed E-state index contributed by atoms with van der Waals surface area (Å²) in [6, 6.07) is -2.35. The van der Waals surface area contributed by atoms with E-state index in [1.807, 2.05) is 0 Å². The number of esters is 2. The van der Waals surface area contributed by atoms with Crippen LogP contribution >= 0.6 is 0 Å². The molecule has 22 heavy (non-hydrogen) atoms. The van der Waals surface area contributed by atoms with Crippen molar-refractivity contribution >= 4 is 18.0 Å². The number of carbonyl (C=O) groups is 3. The van der Waals surface area contributed by atoms with Gasteiger partial charge in [-0.05, 0) is 41.5 Å². The van der Waals surface area contributed by atoms with Gasteiger partial charge in [-0.2, -0.15) is 0 Å². The van der Waals surface area contributed by atoms with Crippen LogP contribution in [-0.2, 0) is 19.1 Å². The van der Waals surface area contributed by atoms with Crippen molar-refractivity contribution in [3.63, 3.8) is 0 Å². The second kappa shape index (κ2) is 8.09. The van der Waals surface area contributed by atoms with E-state index in [4.69, 9.17) is 10.5 Å². The molecule has 0 rings (SSSR count). The van der Waals surface area contributed by atoms with Crippen molar-refractivity contribution in [1.82, 2.24) is 4.90 Å². The van der Waals surface area contributed by atoms with Crippen molar-refractivity contribution in [2.75, 3.05) is 6.54 Å². The smallest absolute Gasteiger partial charge is 0.411 e. The van der Waals surface area contributed by atoms with E-state index in [1.54, 1.807) is 27.7 Å². The van der Waals surface area contributed by atoms with Gasteiger partial charge in [0.25, 0.3) is 0 Å². The standard InChI is InChI=1S/C14H26N2O6/c1-7-16(13(20)22-14(4,5)6)8(2)11(18)21-12(19)10(15)9(3)17/h8-10,17H,7,15H2,1-6H3/t8-,9-,10+/m1/s1. The van der Waals surface area contributed by atoms with Crippen LogP contribution in [-0.4, -0.2) is 58.4 Å². The third-order valence-corrected chi connectivity index (χ3v) is 2.77. The van der Waals surface area contributed by atoms with Crippen LogP contribution < -0.4 is 5.73 Å². The summed E-state index contributed by atoms with van der Waals surface area (Å²) in [5.41, 5.74) is 4.67. The number of aliphatic hydroxyl groups excluding tert-OH is 1. The van der Waals surface area contributed by atoms with Crippen molar-refractivity contribution in [3.8, 4) is 0 Å². The van der Waals surface area contributed by atoms with E-state index < -0.39 is 41.8 Å². The summed E-state index contributed by atoms with van der Waals surface area (Å²) < 4.78 is 9.77. The van der Waals surface area contributed by atoms with E-state index in [-0.39, 0.29) is 6.54 Å². The molecule has 128 valence electrons. The third kappa shape index (κ3) is 6.40. The van der Waals surface area contributed by atoms with Crippen LogP contribution in [0.25, 0.3) is 0 Å². The number of ether oxygens (including phenoxy) is 2. The first-order valence-corrected chi connectivity index (χ1v) is 7.09. The lowest BCUT2D eigenvalue weighted by molar-refractivity contribution is -0.165. The normalized spacial score (nSPS) is 15.5. The summed E-state index contributed by atoms with van der Waals surface area (Å²) in [4.78, 5) is 36.6. The molecule has 0 aromatic heterocycles. The van der Waals surface area contributed by atoms with Gasteiger partial charge >= 0.3 is 18.0 Å². The van der Waals surface area contributed by atoms with Crippen LogP contribution in [0.5, 0.6) is 0 Å². The number of nitrogens with two attached hydrogens (primary N) is 1. The average Bonchev–Trinajstić information content (AvgIpc) is 2.35. The summed E-state index contributed by atoms with van der Waals surface area (Å²) in [6.45, 7) is 9.68. The summed E-state index contributed by atoms with van der Waals surface area (Å²) in [7, 11) is 0. The highest BCUT2D eigenvalue weighted by Gasteiger charge is 2.32. The SMILES string of the molecule is CCN(C(=O)OC(C)(C)C)[C@H](C)C(=O)OC(=O)[C@@H](N)[C@@H](C)O. The summed E-state index contributed by atoms with van der Waals surface area (Å²) >= 11 is 0. The Balaban J connectivity index is 4.83. The molecule has 1 amide bonds. The van der Waals surface area contributed by atoms with E-state index in [0.29, 0.717) is 0 Å². The molecule has 0 saturated carbocycles. The second-order valence-electron chi connectivity index (χ2n) is 5.95. The largest absolute Gasteiger partial charge is 0.444 e. The van der Waals surface area contributed by atoms with Gasteiger partial charge in [0, 0.05) is 6.54 Å². The first-order chi connectivity index (χ1) is 9.90. The van der Waals surface area contributed by atoms with Gasteiger partial charge in [-0.3, -0.25) is 4.90 Å². The molecule has 0 spiro atoms. The molecular weight excluding hydrogens is 292 g/mol. The maximum atomic E-state index is 12.0. The fourth-order valence-electron chi connectivity index (χ4n) is 1.46. The fourth-order valence-corrected chi connectivity index (χ4v) is 1.46. The van der Waals surface area contributed by atoms with Crippen LogP contribution in [0.3, 0.4) is 0 Å². The number of amides is 1. The minimum Gasteiger partial charge on any atom is -0.444 e. The zero-order chi connectivity index (χ0) is 17.7. The van der Waals surface area contributed by atoms with Gasteiger partial charge < -0.3 is 20.3 Å². The topological polar surface area (TPSA) is 119 Å². The maximum Gasteiger partial charge on any atom is 0.411 e. The van der Waals surface area contributed by atoms with E-state index in [9.17, 15) is 19.5 Å². The summed E-state index contributed by atoms with van der Waals surface area (Å²) in [6.07, 6.45) is -1.84. The van der Waals surface area contributed by atoms with Crippen molar-refractivity contribution in [3.05, 3.63) is 0 Å². The predicted octanol–water partition coefficient (Wildman–Crippen LogP) is 0.410. The van der Waals surface area contributed by atoms with Crippen LogP contribution in [0.1, 0.15) is 41.5 Å². The van der Waals surface area contributed by atoms with E-state index in [0.717, 1.165) is 4.90 Å². The monoisotopic (exact) mass is 318 g/mol. The van der Waals surface area contributed by atoms with Crippen molar-refractivity contribution in [1.29, 1.82) is 0 Å². The number of hydrogen-bond donors (Lipinski definition) is 2. The highest BCUT2D eigenvalue weighted by molar-refractivity contribution is 5.92. The molecule has 8 nitrogen and oxygen atoms in total. The van der Waals surface area contributed by atoms with E-state index >= 15 is 0 Å². The van der Waals surface area contributed by atoms with Gasteiger partial charge in [0.05, 0.1) is 6.10 Å². The van der Waals surface area contributed by atoms with Gasteiger partial charge in [-0.15, -0.1) is 0 Å². The van der Waals surface area contributed by atoms with Crippen LogP contribution in [0, 0.1) is 0 Å². The lowest BCUT2D eigenvalue weighted by Crippen LogP contribution is -2.49. The quantitative estimate of drug-likeness (QED) is 0.556. The second-order valence-corrected chi connectivity index (χ2v) is 5.95. The Kier molecular flexibility index (Phi) is 7.48. The Bertz CT molecular complexity index is 416. The molecule has 0 saturated heterocycles. The average molecular weight is 318 g/mol. The van der Waals surface area contributed by atoms with Gasteiger partial charge in [-0.1, -0.05) is 0 Å². The molecule has 0 heterocycles. The van der Waals surface area contributed by atoms with Crippen LogP contribution in [0.4, 0.5) is 4.79 Å². The minimum absolute atomic E-state index is 0.196. The lowest BCUT2D eigenvalue weighted by atomic mass is 10.2. The molecule has 0 aromatic rings. The van der Waals surface area contributed by atoms with Gasteiger partial charge in [0.1, 0.15) is 17.7 Å². The predicted molar refractivity (Wildman–Crippen MR) is 78.8 cm³/mol. The number of aliphatic hydroxyl groups is 1. The molecule has 3 N–H and O–H groups in total. The molecular formula is C14H26N2O6. The van der Waals surface area contributed by atoms with E-state index in [2.05, 4.69) is 4.74 Å². The molecule has 0 aliphatic carbocycles. The first-order valence-electron chi connectivity index (χ1n) is 7.09. The van der Waals surface area contributed by atoms with Gasteiger partial charge in [-0.25, -0.2) is 14.4 Å². The molecule has 0 radical (unpaired) electrons. The molecule has 3 atom stereocenters. The Hall–Kier alpha value is -1.67. The highest BCUT2D eigenvalue weighted by Crippen LogP contribution is 2.12. The number of carbonyl (C=O) groups excluding carboxylic acids is 3. The number of hydrogen-bond acceptors (Lipinski definition) is 7. The molecule has 0 aliphatic heterocycles. The van der Waals surface area contributed by atoms with Crippen molar-refractivity contribution in [2.24, 2.45) is 5.73 Å². The molecule has 0 aliphatic rings. The Morgan fingerprint density at radius 2 is 1.68 bits per heavy atom. The molecule has 0 fully saturated rings. The van der Waals surface area contributed by atoms with Gasteiger partial charge in [0.2, 0.25) is 0 Å². The summed E-state index contributed by atoms with van der Waals surface area (Å²) in [5, 5.41) is 9.19. The Morgan fingerprint density at radius 3 is 2.05 bits per heavy atom. The van der Waals surface area contributed by atoms with Gasteiger partial charge in [0.15, 0.2) is 0 Å². The van der Waals surface area contributed by atoms with Crippen molar-refractivity contribution in [2.45, 2.75) is 65.3 Å². The number of nitrogens with zero attached hydrogens (tertiary/aromatic N) is 1. The zero-order valence-electron chi connectivity index (χ0n) is 14.0. The highest BCUT2D eigenvalue weighted by atomic mass is 16.6. The fraction of sp³-hybridized carbons (Fsp3) is 0.786. The number of likely N-dealkylation sites (N-methyl/N-ethyl adjacent to an activating group) is 1. The van der Waals surface area contributed by atoms with Crippen LogP contribution in [0.2, 0.25) is 0 Å².